The molecule has 5 heteroatoms. The molecule has 5 nitrogen and oxygen atoms in total. The van der Waals surface area contributed by atoms with E-state index >= 15 is 0 Å². The third-order valence-electron chi connectivity index (χ3n) is 1.93. The van der Waals surface area contributed by atoms with E-state index in [0.29, 0.717) is 12.8 Å². The first-order valence-corrected chi connectivity index (χ1v) is 4.90. The predicted octanol–water partition coefficient (Wildman–Crippen LogP) is 0.347. The standard InChI is InChI=1S/C10H14N3O2/c1-2-3-10(15)13-9(6-14)4-8-5-11-7-12-8/h5,7,9H,2-4H2,1H3,(H,11,12)(H,13,15)/t9-/m1/s1. The summed E-state index contributed by atoms with van der Waals surface area (Å²) in [6.07, 6.45) is 6.55. The number of nitrogens with zero attached hydrogens (tertiary/aromatic N) is 1. The van der Waals surface area contributed by atoms with Crippen LogP contribution >= 0.6 is 0 Å². The smallest absolute Gasteiger partial charge is 0.223 e. The Morgan fingerprint density at radius 2 is 2.53 bits per heavy atom. The molecule has 0 bridgehead atoms. The second-order valence-corrected chi connectivity index (χ2v) is 3.27. The number of carbonyl (C=O) groups is 1. The lowest BCUT2D eigenvalue weighted by atomic mass is 10.2. The van der Waals surface area contributed by atoms with Crippen LogP contribution in [0.4, 0.5) is 0 Å². The lowest BCUT2D eigenvalue weighted by molar-refractivity contribution is -0.121. The summed E-state index contributed by atoms with van der Waals surface area (Å²) >= 11 is 0. The molecule has 1 aromatic heterocycles. The van der Waals surface area contributed by atoms with Gasteiger partial charge in [-0.15, -0.1) is 0 Å². The molecule has 1 aromatic rings. The van der Waals surface area contributed by atoms with Gasteiger partial charge in [0.2, 0.25) is 12.2 Å². The van der Waals surface area contributed by atoms with E-state index in [0.717, 1.165) is 12.1 Å². The van der Waals surface area contributed by atoms with Crippen LogP contribution in [0.5, 0.6) is 0 Å². The van der Waals surface area contributed by atoms with Gasteiger partial charge in [-0.2, -0.15) is 0 Å². The second kappa shape index (κ2) is 5.95. The van der Waals surface area contributed by atoms with E-state index in [1.807, 2.05) is 6.92 Å². The Morgan fingerprint density at radius 3 is 3.07 bits per heavy atom. The number of aromatic nitrogens is 2. The summed E-state index contributed by atoms with van der Waals surface area (Å²) in [6, 6.07) is -0.593. The SMILES string of the molecule is CCCC(=O)N[C@@H]([C]=O)Cc1cnc[nH]1. The molecule has 0 unspecified atom stereocenters. The lowest BCUT2D eigenvalue weighted by Crippen LogP contribution is -2.37. The van der Waals surface area contributed by atoms with Gasteiger partial charge in [0.15, 0.2) is 0 Å². The van der Waals surface area contributed by atoms with Crippen molar-refractivity contribution in [1.29, 1.82) is 0 Å². The van der Waals surface area contributed by atoms with Crippen molar-refractivity contribution in [3.8, 4) is 0 Å². The van der Waals surface area contributed by atoms with E-state index in [4.69, 9.17) is 0 Å². The lowest BCUT2D eigenvalue weighted by Gasteiger charge is -2.10. The molecule has 0 saturated carbocycles. The number of hydrogen-bond acceptors (Lipinski definition) is 3. The van der Waals surface area contributed by atoms with Gasteiger partial charge in [-0.05, 0) is 6.42 Å². The van der Waals surface area contributed by atoms with Crippen molar-refractivity contribution in [2.45, 2.75) is 32.2 Å². The van der Waals surface area contributed by atoms with Crippen LogP contribution < -0.4 is 5.32 Å². The Hall–Kier alpha value is -1.65. The van der Waals surface area contributed by atoms with Gasteiger partial charge < -0.3 is 10.3 Å². The Labute approximate surface area is 88.3 Å². The Morgan fingerprint density at radius 1 is 1.73 bits per heavy atom. The fourth-order valence-corrected chi connectivity index (χ4v) is 1.23. The minimum atomic E-state index is -0.593. The molecular formula is C10H14N3O2. The van der Waals surface area contributed by atoms with Crippen molar-refractivity contribution in [3.63, 3.8) is 0 Å². The van der Waals surface area contributed by atoms with Crippen molar-refractivity contribution in [2.24, 2.45) is 0 Å². The maximum atomic E-state index is 11.2. The zero-order valence-corrected chi connectivity index (χ0v) is 8.62. The summed E-state index contributed by atoms with van der Waals surface area (Å²) in [5, 5.41) is 2.60. The molecule has 0 spiro atoms. The van der Waals surface area contributed by atoms with Crippen molar-refractivity contribution >= 4 is 12.2 Å². The highest BCUT2D eigenvalue weighted by Crippen LogP contribution is 1.97. The van der Waals surface area contributed by atoms with Crippen molar-refractivity contribution in [1.82, 2.24) is 15.3 Å². The minimum Gasteiger partial charge on any atom is -0.348 e. The second-order valence-electron chi connectivity index (χ2n) is 3.27. The average Bonchev–Trinajstić information content (AvgIpc) is 2.70. The van der Waals surface area contributed by atoms with Crippen LogP contribution in [-0.4, -0.2) is 28.2 Å². The van der Waals surface area contributed by atoms with Crippen molar-refractivity contribution in [2.75, 3.05) is 0 Å². The first-order valence-electron chi connectivity index (χ1n) is 4.90. The van der Waals surface area contributed by atoms with Gasteiger partial charge in [0.25, 0.3) is 0 Å². The highest BCUT2D eigenvalue weighted by Gasteiger charge is 2.12. The third kappa shape index (κ3) is 3.93. The summed E-state index contributed by atoms with van der Waals surface area (Å²) in [5.41, 5.74) is 0.806. The molecule has 0 aliphatic rings. The summed E-state index contributed by atoms with van der Waals surface area (Å²) in [4.78, 5) is 28.5. The maximum Gasteiger partial charge on any atom is 0.223 e. The van der Waals surface area contributed by atoms with E-state index in [-0.39, 0.29) is 5.91 Å². The quantitative estimate of drug-likeness (QED) is 0.708. The monoisotopic (exact) mass is 208 g/mol. The number of carbonyl (C=O) groups excluding carboxylic acids is 2. The molecule has 0 aliphatic carbocycles. The van der Waals surface area contributed by atoms with Gasteiger partial charge in [0.1, 0.15) is 6.04 Å². The number of rotatable bonds is 6. The van der Waals surface area contributed by atoms with Crippen LogP contribution in [0.1, 0.15) is 25.5 Å². The molecule has 1 rings (SSSR count). The maximum absolute atomic E-state index is 11.2. The van der Waals surface area contributed by atoms with Gasteiger partial charge >= 0.3 is 0 Å². The Bertz CT molecular complexity index is 308. The Balaban J connectivity index is 2.42. The van der Waals surface area contributed by atoms with Crippen molar-refractivity contribution < 1.29 is 9.59 Å². The summed E-state index contributed by atoms with van der Waals surface area (Å²) < 4.78 is 0. The van der Waals surface area contributed by atoms with E-state index in [1.165, 1.54) is 6.33 Å². The topological polar surface area (TPSA) is 74.8 Å². The summed E-state index contributed by atoms with van der Waals surface area (Å²) in [5.74, 6) is -0.120. The van der Waals surface area contributed by atoms with Gasteiger partial charge in [0, 0.05) is 24.7 Å². The molecule has 81 valence electrons. The molecule has 0 saturated heterocycles. The highest BCUT2D eigenvalue weighted by atomic mass is 16.2. The minimum absolute atomic E-state index is 0.120. The van der Waals surface area contributed by atoms with Crippen LogP contribution in [0.3, 0.4) is 0 Å². The first kappa shape index (κ1) is 11.4. The van der Waals surface area contributed by atoms with E-state index < -0.39 is 6.04 Å². The molecule has 2 N–H and O–H groups in total. The molecule has 1 atom stereocenters. The fraction of sp³-hybridized carbons (Fsp3) is 0.500. The molecule has 15 heavy (non-hydrogen) atoms. The van der Waals surface area contributed by atoms with Crippen LogP contribution in [0, 0.1) is 0 Å². The predicted molar refractivity (Wildman–Crippen MR) is 54.8 cm³/mol. The Kier molecular flexibility index (Phi) is 4.53. The summed E-state index contributed by atoms with van der Waals surface area (Å²) in [7, 11) is 0. The van der Waals surface area contributed by atoms with E-state index in [2.05, 4.69) is 15.3 Å². The van der Waals surface area contributed by atoms with Gasteiger partial charge in [-0.3, -0.25) is 9.59 Å². The summed E-state index contributed by atoms with van der Waals surface area (Å²) in [6.45, 7) is 1.91. The van der Waals surface area contributed by atoms with Crippen LogP contribution in [0.15, 0.2) is 12.5 Å². The van der Waals surface area contributed by atoms with E-state index in [1.54, 1.807) is 12.5 Å². The number of aromatic amines is 1. The zero-order valence-electron chi connectivity index (χ0n) is 8.62. The van der Waals surface area contributed by atoms with E-state index in [9.17, 15) is 9.59 Å². The number of amides is 1. The number of H-pyrrole nitrogens is 1. The van der Waals surface area contributed by atoms with Gasteiger partial charge in [-0.1, -0.05) is 6.92 Å². The zero-order chi connectivity index (χ0) is 11.1. The highest BCUT2D eigenvalue weighted by molar-refractivity contribution is 5.79. The number of hydrogen-bond donors (Lipinski definition) is 2. The molecule has 1 amide bonds. The molecule has 0 aromatic carbocycles. The van der Waals surface area contributed by atoms with Gasteiger partial charge in [-0.25, -0.2) is 4.98 Å². The van der Waals surface area contributed by atoms with Crippen LogP contribution in [0.25, 0.3) is 0 Å². The van der Waals surface area contributed by atoms with Crippen LogP contribution in [0.2, 0.25) is 0 Å². The number of imidazole rings is 1. The van der Waals surface area contributed by atoms with Gasteiger partial charge in [0.05, 0.1) is 6.33 Å². The third-order valence-corrected chi connectivity index (χ3v) is 1.93. The molecule has 0 fully saturated rings. The molecular weight excluding hydrogens is 194 g/mol. The largest absolute Gasteiger partial charge is 0.348 e. The van der Waals surface area contributed by atoms with Crippen LogP contribution in [-0.2, 0) is 16.0 Å². The average molecular weight is 208 g/mol. The normalized spacial score (nSPS) is 12.1. The number of nitrogens with one attached hydrogen (secondary N) is 2. The fourth-order valence-electron chi connectivity index (χ4n) is 1.23. The van der Waals surface area contributed by atoms with Crippen molar-refractivity contribution in [3.05, 3.63) is 18.2 Å². The molecule has 1 radical (unpaired) electrons. The molecule has 1 heterocycles. The first-order chi connectivity index (χ1) is 7.26. The molecule has 0 aliphatic heterocycles.